The lowest BCUT2D eigenvalue weighted by Crippen LogP contribution is -2.48. The van der Waals surface area contributed by atoms with Gasteiger partial charge in [0, 0.05) is 13.1 Å². The van der Waals surface area contributed by atoms with E-state index in [-0.39, 0.29) is 0 Å². The van der Waals surface area contributed by atoms with Gasteiger partial charge in [0.2, 0.25) is 11.6 Å². The van der Waals surface area contributed by atoms with E-state index in [2.05, 4.69) is 15.0 Å². The van der Waals surface area contributed by atoms with Crippen molar-refractivity contribution in [3.8, 4) is 11.4 Å². The molecule has 1 atom stereocenters. The number of aromatic nitrogens is 2. The maximum absolute atomic E-state index is 6.15. The van der Waals surface area contributed by atoms with Crippen LogP contribution in [0.5, 0.6) is 5.75 Å². The number of morpholine rings is 1. The Morgan fingerprint density at radius 2 is 2.16 bits per heavy atom. The number of imidazole rings is 1. The minimum atomic E-state index is -0.698. The van der Waals surface area contributed by atoms with Crippen LogP contribution in [0.2, 0.25) is 4.34 Å². The third kappa shape index (κ3) is 3.45. The number of rotatable bonds is 4. The Kier molecular flexibility index (Phi) is 4.91. The molecule has 7 nitrogen and oxygen atoms in total. The molecule has 2 aliphatic rings. The van der Waals surface area contributed by atoms with E-state index in [4.69, 9.17) is 25.9 Å². The van der Waals surface area contributed by atoms with Crippen LogP contribution in [0.3, 0.4) is 0 Å². The van der Waals surface area contributed by atoms with Crippen molar-refractivity contribution in [2.45, 2.75) is 19.6 Å². The number of hydrogen-bond acceptors (Lipinski definition) is 7. The fraction of sp³-hybridized carbons (Fsp3) is 0.273. The first kappa shape index (κ1) is 20.0. The van der Waals surface area contributed by atoms with Crippen LogP contribution in [0.1, 0.15) is 23.1 Å². The average molecular weight is 457 g/mol. The van der Waals surface area contributed by atoms with Gasteiger partial charge in [-0.3, -0.25) is 0 Å². The van der Waals surface area contributed by atoms with Gasteiger partial charge in [0.25, 0.3) is 0 Å². The zero-order valence-electron chi connectivity index (χ0n) is 17.3. The largest absolute Gasteiger partial charge is 0.495 e. The maximum Gasteiger partial charge on any atom is 0.243 e. The fourth-order valence-electron chi connectivity index (χ4n) is 3.79. The maximum atomic E-state index is 6.15. The van der Waals surface area contributed by atoms with Crippen molar-refractivity contribution in [2.75, 3.05) is 20.3 Å². The Morgan fingerprint density at radius 3 is 2.87 bits per heavy atom. The minimum Gasteiger partial charge on any atom is -0.495 e. The summed E-state index contributed by atoms with van der Waals surface area (Å²) in [6, 6.07) is 9.83. The van der Waals surface area contributed by atoms with E-state index in [9.17, 15) is 0 Å². The molecule has 0 aliphatic carbocycles. The second kappa shape index (κ2) is 7.62. The topological polar surface area (TPSA) is 61.1 Å². The molecule has 0 N–H and O–H groups in total. The van der Waals surface area contributed by atoms with Gasteiger partial charge in [-0.2, -0.15) is 0 Å². The quantitative estimate of drug-likeness (QED) is 0.564. The lowest BCUT2D eigenvalue weighted by atomic mass is 10.1. The number of ether oxygens (including phenoxy) is 2. The number of methoxy groups -OCH3 is 1. The van der Waals surface area contributed by atoms with Crippen LogP contribution in [0.4, 0.5) is 0 Å². The summed E-state index contributed by atoms with van der Waals surface area (Å²) in [6.45, 7) is 5.16. The van der Waals surface area contributed by atoms with E-state index in [1.54, 1.807) is 13.4 Å². The molecule has 4 heterocycles. The van der Waals surface area contributed by atoms with Gasteiger partial charge in [0.1, 0.15) is 12.4 Å². The summed E-state index contributed by atoms with van der Waals surface area (Å²) < 4.78 is 14.2. The van der Waals surface area contributed by atoms with Gasteiger partial charge in [0.15, 0.2) is 5.76 Å². The highest BCUT2D eigenvalue weighted by molar-refractivity contribution is 7.16. The Morgan fingerprint density at radius 1 is 1.29 bits per heavy atom. The number of oxime groups is 1. The van der Waals surface area contributed by atoms with Crippen LogP contribution >= 0.6 is 22.9 Å². The average Bonchev–Trinajstić information content (AvgIpc) is 3.48. The second-order valence-electron chi connectivity index (χ2n) is 7.46. The molecule has 160 valence electrons. The van der Waals surface area contributed by atoms with Gasteiger partial charge in [-0.05, 0) is 42.8 Å². The molecular weight excluding hydrogens is 436 g/mol. The molecular formula is C22H21ClN4O3S. The molecule has 2 aromatic heterocycles. The Bertz CT molecular complexity index is 1200. The van der Waals surface area contributed by atoms with Crippen LogP contribution in [-0.4, -0.2) is 40.5 Å². The van der Waals surface area contributed by atoms with Crippen molar-refractivity contribution < 1.29 is 14.3 Å². The second-order valence-corrected chi connectivity index (χ2v) is 9.17. The molecule has 1 saturated heterocycles. The van der Waals surface area contributed by atoms with Crippen molar-refractivity contribution >= 4 is 34.8 Å². The molecule has 0 amide bonds. The number of amidine groups is 1. The van der Waals surface area contributed by atoms with Gasteiger partial charge in [0.05, 0.1) is 40.6 Å². The lowest BCUT2D eigenvalue weighted by molar-refractivity contribution is -0.0940. The fourth-order valence-corrected chi connectivity index (χ4v) is 4.92. The molecule has 0 bridgehead atoms. The number of fused-ring (bicyclic) bond motifs is 1. The first-order valence-electron chi connectivity index (χ1n) is 9.81. The van der Waals surface area contributed by atoms with Crippen LogP contribution < -0.4 is 4.74 Å². The standard InChI is InChI=1S/C22H21ClN4O3S/c1-14-12-26(13-24-14)16-5-4-15(10-17(16)28-3)11-18-21-25-30-22(2,27(21)8-9-29-18)19-6-7-20(23)31-19/h4-7,10-13H,8-9H2,1-3H3/b18-11-. The van der Waals surface area contributed by atoms with E-state index in [1.165, 1.54) is 11.3 Å². The van der Waals surface area contributed by atoms with Crippen LogP contribution in [0, 0.1) is 6.92 Å². The van der Waals surface area contributed by atoms with Gasteiger partial charge in [-0.25, -0.2) is 4.98 Å². The van der Waals surface area contributed by atoms with Crippen molar-refractivity contribution in [1.82, 2.24) is 14.5 Å². The van der Waals surface area contributed by atoms with Crippen molar-refractivity contribution in [3.63, 3.8) is 0 Å². The lowest BCUT2D eigenvalue weighted by Gasteiger charge is -2.36. The summed E-state index contributed by atoms with van der Waals surface area (Å²) in [5.41, 5.74) is 2.10. The molecule has 1 aromatic carbocycles. The summed E-state index contributed by atoms with van der Waals surface area (Å²) in [6.07, 6.45) is 5.68. The molecule has 3 aromatic rings. The first-order chi connectivity index (χ1) is 15.0. The van der Waals surface area contributed by atoms with Crippen LogP contribution in [0.25, 0.3) is 11.8 Å². The SMILES string of the molecule is COc1cc(/C=C2\OCCN3C2=NOC3(C)c2ccc(Cl)s2)ccc1-n1cnc(C)c1. The van der Waals surface area contributed by atoms with E-state index < -0.39 is 5.72 Å². The highest BCUT2D eigenvalue weighted by Gasteiger charge is 2.47. The molecule has 2 aliphatic heterocycles. The number of aryl methyl sites for hydroxylation is 1. The number of benzene rings is 1. The number of nitrogens with zero attached hydrogens (tertiary/aromatic N) is 4. The van der Waals surface area contributed by atoms with Crippen LogP contribution in [0.15, 0.2) is 53.8 Å². The van der Waals surface area contributed by atoms with E-state index in [1.807, 2.05) is 61.0 Å². The predicted octanol–water partition coefficient (Wildman–Crippen LogP) is 4.79. The van der Waals surface area contributed by atoms with E-state index in [0.29, 0.717) is 24.7 Å². The summed E-state index contributed by atoms with van der Waals surface area (Å²) in [5.74, 6) is 2.07. The van der Waals surface area contributed by atoms with E-state index >= 15 is 0 Å². The highest BCUT2D eigenvalue weighted by atomic mass is 35.5. The first-order valence-corrected chi connectivity index (χ1v) is 11.0. The molecule has 1 fully saturated rings. The predicted molar refractivity (Wildman–Crippen MR) is 121 cm³/mol. The van der Waals surface area contributed by atoms with Gasteiger partial charge < -0.3 is 23.8 Å². The van der Waals surface area contributed by atoms with Crippen molar-refractivity contribution in [2.24, 2.45) is 5.16 Å². The van der Waals surface area contributed by atoms with Crippen LogP contribution in [-0.2, 0) is 15.3 Å². The van der Waals surface area contributed by atoms with Gasteiger partial charge in [-0.1, -0.05) is 22.8 Å². The molecule has 5 rings (SSSR count). The molecule has 0 radical (unpaired) electrons. The Labute approximate surface area is 189 Å². The third-order valence-corrected chi connectivity index (χ3v) is 6.82. The molecule has 0 saturated carbocycles. The Hall–Kier alpha value is -2.97. The van der Waals surface area contributed by atoms with Crippen molar-refractivity contribution in [3.05, 3.63) is 69.1 Å². The van der Waals surface area contributed by atoms with Gasteiger partial charge in [-0.15, -0.1) is 11.3 Å². The minimum absolute atomic E-state index is 0.534. The zero-order valence-corrected chi connectivity index (χ0v) is 18.9. The zero-order chi connectivity index (χ0) is 21.6. The number of hydrogen-bond donors (Lipinski definition) is 0. The smallest absolute Gasteiger partial charge is 0.243 e. The molecule has 9 heteroatoms. The highest BCUT2D eigenvalue weighted by Crippen LogP contribution is 2.42. The Balaban J connectivity index is 1.46. The number of thiophene rings is 1. The van der Waals surface area contributed by atoms with E-state index in [0.717, 1.165) is 31.9 Å². The van der Waals surface area contributed by atoms with Gasteiger partial charge >= 0.3 is 0 Å². The third-order valence-electron chi connectivity index (χ3n) is 5.40. The summed E-state index contributed by atoms with van der Waals surface area (Å²) in [7, 11) is 1.66. The summed E-state index contributed by atoms with van der Waals surface area (Å²) in [5, 5.41) is 4.35. The normalized spacial score (nSPS) is 21.5. The molecule has 31 heavy (non-hydrogen) atoms. The molecule has 1 unspecified atom stereocenters. The summed E-state index contributed by atoms with van der Waals surface area (Å²) in [4.78, 5) is 13.3. The number of halogens is 1. The van der Waals surface area contributed by atoms with Crippen molar-refractivity contribution in [1.29, 1.82) is 0 Å². The summed E-state index contributed by atoms with van der Waals surface area (Å²) >= 11 is 7.64. The molecule has 0 spiro atoms. The monoisotopic (exact) mass is 456 g/mol.